The molecule has 1 aromatic heterocycles. The van der Waals surface area contributed by atoms with Crippen LogP contribution in [0, 0.1) is 6.92 Å². The van der Waals surface area contributed by atoms with Crippen molar-refractivity contribution in [3.63, 3.8) is 0 Å². The maximum Gasteiger partial charge on any atom is 0.253 e. The third-order valence-corrected chi connectivity index (χ3v) is 4.24. The second-order valence-corrected chi connectivity index (χ2v) is 7.07. The van der Waals surface area contributed by atoms with Crippen LogP contribution in [0.4, 0.5) is 0 Å². The minimum Gasteiger partial charge on any atom is -0.386 e. The Balaban J connectivity index is 2.22. The summed E-state index contributed by atoms with van der Waals surface area (Å²) in [5, 5.41) is 10.6. The van der Waals surface area contributed by atoms with Gasteiger partial charge in [0.25, 0.3) is 5.91 Å². The molecule has 3 aromatic rings. The first-order valence-electron chi connectivity index (χ1n) is 8.22. The summed E-state index contributed by atoms with van der Waals surface area (Å²) in [6.45, 7) is 5.41. The summed E-state index contributed by atoms with van der Waals surface area (Å²) in [6, 6.07) is 11.4. The monoisotopic (exact) mass is 337 g/mol. The van der Waals surface area contributed by atoms with Gasteiger partial charge < -0.3 is 15.0 Å². The molecule has 0 radical (unpaired) electrons. The van der Waals surface area contributed by atoms with Crippen LogP contribution in [0.5, 0.6) is 0 Å². The zero-order chi connectivity index (χ0) is 18.4. The van der Waals surface area contributed by atoms with E-state index in [1.165, 1.54) is 0 Å². The van der Waals surface area contributed by atoms with E-state index in [0.29, 0.717) is 5.56 Å². The number of nitrogens with zero attached hydrogens (tertiary/aromatic N) is 2. The van der Waals surface area contributed by atoms with Gasteiger partial charge in [0.15, 0.2) is 0 Å². The number of aryl methyl sites for hydroxylation is 1. The molecule has 5 nitrogen and oxygen atoms in total. The van der Waals surface area contributed by atoms with E-state index in [2.05, 4.69) is 9.97 Å². The Morgan fingerprint density at radius 1 is 1.16 bits per heavy atom. The Morgan fingerprint density at radius 2 is 1.88 bits per heavy atom. The molecule has 3 rings (SSSR count). The van der Waals surface area contributed by atoms with Crippen LogP contribution in [0.1, 0.15) is 35.6 Å². The number of nitrogens with one attached hydrogen (secondary N) is 1. The molecule has 25 heavy (non-hydrogen) atoms. The first-order chi connectivity index (χ1) is 11.7. The van der Waals surface area contributed by atoms with Crippen LogP contribution in [0.15, 0.2) is 36.4 Å². The third kappa shape index (κ3) is 3.28. The van der Waals surface area contributed by atoms with E-state index in [1.807, 2.05) is 37.3 Å². The van der Waals surface area contributed by atoms with Crippen LogP contribution in [-0.2, 0) is 5.60 Å². The quantitative estimate of drug-likeness (QED) is 0.769. The van der Waals surface area contributed by atoms with Crippen molar-refractivity contribution in [1.29, 1.82) is 0 Å². The molecule has 0 fully saturated rings. The zero-order valence-corrected chi connectivity index (χ0v) is 15.2. The molecule has 0 spiro atoms. The standard InChI is InChI=1S/C20H23N3O2/c1-12-21-17-9-7-13(11-18(17)22-12)15-10-14(19(24)23(4)5)6-8-16(15)20(2,3)25/h6-11,25H,1-5H3,(H,21,22). The fourth-order valence-corrected chi connectivity index (χ4v) is 3.01. The van der Waals surface area contributed by atoms with Crippen molar-refractivity contribution in [2.75, 3.05) is 14.1 Å². The summed E-state index contributed by atoms with van der Waals surface area (Å²) >= 11 is 0. The number of imidazole rings is 1. The molecule has 0 bridgehead atoms. The fraction of sp³-hybridized carbons (Fsp3) is 0.300. The van der Waals surface area contributed by atoms with E-state index in [0.717, 1.165) is 33.5 Å². The molecule has 0 aliphatic rings. The van der Waals surface area contributed by atoms with E-state index in [1.54, 1.807) is 38.9 Å². The van der Waals surface area contributed by atoms with Gasteiger partial charge in [0.2, 0.25) is 0 Å². The highest BCUT2D eigenvalue weighted by atomic mass is 16.3. The van der Waals surface area contributed by atoms with Crippen molar-refractivity contribution in [3.05, 3.63) is 53.3 Å². The lowest BCUT2D eigenvalue weighted by atomic mass is 9.88. The number of amides is 1. The normalized spacial score (nSPS) is 11.8. The number of carbonyl (C=O) groups is 1. The van der Waals surface area contributed by atoms with Gasteiger partial charge in [-0.15, -0.1) is 0 Å². The molecule has 130 valence electrons. The van der Waals surface area contributed by atoms with E-state index in [4.69, 9.17) is 0 Å². The van der Waals surface area contributed by atoms with Gasteiger partial charge in [-0.25, -0.2) is 4.98 Å². The van der Waals surface area contributed by atoms with Gasteiger partial charge in [0, 0.05) is 19.7 Å². The predicted octanol–water partition coefficient (Wildman–Crippen LogP) is 3.47. The second kappa shape index (κ2) is 6.01. The van der Waals surface area contributed by atoms with Gasteiger partial charge in [-0.2, -0.15) is 0 Å². The molecule has 0 aliphatic heterocycles. The SMILES string of the molecule is Cc1nc2cc(-c3cc(C(=O)N(C)C)ccc3C(C)(C)O)ccc2[nH]1. The number of hydrogen-bond donors (Lipinski definition) is 2. The van der Waals surface area contributed by atoms with Crippen molar-refractivity contribution in [2.24, 2.45) is 0 Å². The molecule has 1 heterocycles. The summed E-state index contributed by atoms with van der Waals surface area (Å²) in [4.78, 5) is 21.6. The maximum absolute atomic E-state index is 12.4. The highest BCUT2D eigenvalue weighted by Gasteiger charge is 2.23. The van der Waals surface area contributed by atoms with Crippen molar-refractivity contribution in [2.45, 2.75) is 26.4 Å². The minimum atomic E-state index is -1.02. The number of carbonyl (C=O) groups excluding carboxylic acids is 1. The van der Waals surface area contributed by atoms with E-state index in [-0.39, 0.29) is 5.91 Å². The van der Waals surface area contributed by atoms with E-state index in [9.17, 15) is 9.90 Å². The third-order valence-electron chi connectivity index (χ3n) is 4.24. The molecule has 2 N–H and O–H groups in total. The molecule has 0 saturated carbocycles. The van der Waals surface area contributed by atoms with Crippen LogP contribution < -0.4 is 0 Å². The Bertz CT molecular complexity index is 949. The topological polar surface area (TPSA) is 69.2 Å². The smallest absolute Gasteiger partial charge is 0.253 e. The number of H-pyrrole nitrogens is 1. The summed E-state index contributed by atoms with van der Waals surface area (Å²) < 4.78 is 0. The number of rotatable bonds is 3. The van der Waals surface area contributed by atoms with Crippen LogP contribution in [0.2, 0.25) is 0 Å². The lowest BCUT2D eigenvalue weighted by molar-refractivity contribution is 0.0784. The van der Waals surface area contributed by atoms with Crippen LogP contribution >= 0.6 is 0 Å². The molecular formula is C20H23N3O2. The molecule has 5 heteroatoms. The largest absolute Gasteiger partial charge is 0.386 e. The zero-order valence-electron chi connectivity index (χ0n) is 15.2. The Labute approximate surface area is 147 Å². The average Bonchev–Trinajstić information content (AvgIpc) is 2.91. The van der Waals surface area contributed by atoms with Gasteiger partial charge >= 0.3 is 0 Å². The van der Waals surface area contributed by atoms with Gasteiger partial charge in [-0.05, 0) is 61.7 Å². The lowest BCUT2D eigenvalue weighted by Crippen LogP contribution is -2.23. The molecule has 2 aromatic carbocycles. The maximum atomic E-state index is 12.4. The molecule has 0 aliphatic carbocycles. The van der Waals surface area contributed by atoms with E-state index < -0.39 is 5.60 Å². The predicted molar refractivity (Wildman–Crippen MR) is 99.5 cm³/mol. The van der Waals surface area contributed by atoms with Gasteiger partial charge in [0.05, 0.1) is 16.6 Å². The summed E-state index contributed by atoms with van der Waals surface area (Å²) in [5.41, 5.74) is 3.92. The summed E-state index contributed by atoms with van der Waals surface area (Å²) in [6.07, 6.45) is 0. The summed E-state index contributed by atoms with van der Waals surface area (Å²) in [5.74, 6) is 0.784. The van der Waals surface area contributed by atoms with Crippen molar-refractivity contribution in [3.8, 4) is 11.1 Å². The van der Waals surface area contributed by atoms with Crippen molar-refractivity contribution >= 4 is 16.9 Å². The Hall–Kier alpha value is -2.66. The van der Waals surface area contributed by atoms with Gasteiger partial charge in [-0.1, -0.05) is 12.1 Å². The lowest BCUT2D eigenvalue weighted by Gasteiger charge is -2.23. The van der Waals surface area contributed by atoms with Gasteiger partial charge in [-0.3, -0.25) is 4.79 Å². The first kappa shape index (κ1) is 17.2. The molecule has 0 atom stereocenters. The highest BCUT2D eigenvalue weighted by Crippen LogP contribution is 2.34. The highest BCUT2D eigenvalue weighted by molar-refractivity contribution is 5.96. The van der Waals surface area contributed by atoms with Gasteiger partial charge in [0.1, 0.15) is 5.82 Å². The molecule has 0 saturated heterocycles. The van der Waals surface area contributed by atoms with E-state index >= 15 is 0 Å². The fourth-order valence-electron chi connectivity index (χ4n) is 3.01. The molecule has 0 unspecified atom stereocenters. The van der Waals surface area contributed by atoms with Crippen LogP contribution in [0.3, 0.4) is 0 Å². The number of hydrogen-bond acceptors (Lipinski definition) is 3. The van der Waals surface area contributed by atoms with Crippen LogP contribution in [-0.4, -0.2) is 40.0 Å². The second-order valence-electron chi connectivity index (χ2n) is 7.07. The average molecular weight is 337 g/mol. The number of fused-ring (bicyclic) bond motifs is 1. The Morgan fingerprint density at radius 3 is 2.52 bits per heavy atom. The number of benzene rings is 2. The van der Waals surface area contributed by atoms with Crippen molar-refractivity contribution < 1.29 is 9.90 Å². The minimum absolute atomic E-state index is 0.0692. The van der Waals surface area contributed by atoms with Crippen molar-refractivity contribution in [1.82, 2.24) is 14.9 Å². The van der Waals surface area contributed by atoms with Crippen LogP contribution in [0.25, 0.3) is 22.2 Å². The summed E-state index contributed by atoms with van der Waals surface area (Å²) in [7, 11) is 3.45. The molecular weight excluding hydrogens is 314 g/mol. The number of aliphatic hydroxyl groups is 1. The Kier molecular flexibility index (Phi) is 4.13. The number of aromatic amines is 1. The first-order valence-corrected chi connectivity index (χ1v) is 8.22. The number of aromatic nitrogens is 2. The molecule has 1 amide bonds.